The number of furan rings is 2. The molecule has 0 fully saturated rings. The van der Waals surface area contributed by atoms with Gasteiger partial charge >= 0.3 is 0 Å². The third kappa shape index (κ3) is 2.63. The topological polar surface area (TPSA) is 30.7 Å². The minimum Gasteiger partial charge on any atom is -0.454 e. The second kappa shape index (κ2) is 7.63. The van der Waals surface area contributed by atoms with Gasteiger partial charge in [0.1, 0.15) is 11.2 Å². The van der Waals surface area contributed by atoms with E-state index >= 15 is 0 Å². The zero-order valence-electron chi connectivity index (χ0n) is 23.7. The molecule has 0 aliphatic heterocycles. The number of hydrogen-bond donors (Lipinski definition) is 0. The van der Waals surface area contributed by atoms with Crippen molar-refractivity contribution in [2.24, 2.45) is 11.8 Å². The van der Waals surface area contributed by atoms with Crippen LogP contribution >= 0.6 is 0 Å². The van der Waals surface area contributed by atoms with Gasteiger partial charge in [-0.15, -0.1) is 0 Å². The average Bonchev–Trinajstić information content (AvgIpc) is 3.75. The first-order valence-electron chi connectivity index (χ1n) is 14.9. The fourth-order valence-electron chi connectivity index (χ4n) is 7.87. The summed E-state index contributed by atoms with van der Waals surface area (Å²) in [7, 11) is 0. The summed E-state index contributed by atoms with van der Waals surface area (Å²) >= 11 is 0. The summed E-state index contributed by atoms with van der Waals surface area (Å²) in [5.74, 6) is 0.931. The molecule has 10 rings (SSSR count). The van der Waals surface area contributed by atoms with Crippen molar-refractivity contribution in [1.29, 1.82) is 0 Å². The summed E-state index contributed by atoms with van der Waals surface area (Å²) in [6, 6.07) is 30.6. The lowest BCUT2D eigenvalue weighted by atomic mass is 9.78. The number of rotatable bonds is 1. The van der Waals surface area contributed by atoms with Crippen molar-refractivity contribution in [3.63, 3.8) is 0 Å². The van der Waals surface area contributed by atoms with Crippen molar-refractivity contribution in [3.8, 4) is 0 Å². The molecule has 5 aromatic carbocycles. The van der Waals surface area contributed by atoms with Gasteiger partial charge in [-0.25, -0.2) is 0 Å². The molecule has 0 amide bonds. The first-order valence-corrected chi connectivity index (χ1v) is 14.9. The highest BCUT2D eigenvalue weighted by molar-refractivity contribution is 6.31. The highest BCUT2D eigenvalue weighted by Gasteiger charge is 2.27. The standard InChI is InChI=1S/C39H27NO2/c1-20-12-13-21(2)34(22(20)3)23-18-30-26-14-16-28-24-8-4-6-10-32(24)41-38(28)36(26)40-35(30)31(19-23)27-15-17-29-25-9-5-7-11-33(25)42-39(29)37(27)40/h4-20,22H,1-3H3/t20?,22-/m0/s1. The van der Waals surface area contributed by atoms with Gasteiger partial charge in [0.2, 0.25) is 0 Å². The van der Waals surface area contributed by atoms with Gasteiger partial charge in [0.15, 0.2) is 11.2 Å². The summed E-state index contributed by atoms with van der Waals surface area (Å²) in [4.78, 5) is 0. The first kappa shape index (κ1) is 22.6. The van der Waals surface area contributed by atoms with E-state index in [0.29, 0.717) is 11.8 Å². The predicted molar refractivity (Wildman–Crippen MR) is 176 cm³/mol. The zero-order chi connectivity index (χ0) is 27.9. The van der Waals surface area contributed by atoms with Crippen LogP contribution in [0.25, 0.3) is 87.5 Å². The highest BCUT2D eigenvalue weighted by Crippen LogP contribution is 2.48. The molecule has 0 bridgehead atoms. The van der Waals surface area contributed by atoms with Crippen LogP contribution in [0, 0.1) is 11.8 Å². The number of benzene rings is 5. The quantitative estimate of drug-likeness (QED) is 0.207. The van der Waals surface area contributed by atoms with Gasteiger partial charge < -0.3 is 13.2 Å². The number of hydrogen-bond acceptors (Lipinski definition) is 2. The molecule has 0 radical (unpaired) electrons. The lowest BCUT2D eigenvalue weighted by Gasteiger charge is -2.26. The number of nitrogens with zero attached hydrogens (tertiary/aromatic N) is 1. The number of aromatic nitrogens is 1. The molecule has 3 nitrogen and oxygen atoms in total. The van der Waals surface area contributed by atoms with Crippen LogP contribution in [0.2, 0.25) is 0 Å². The van der Waals surface area contributed by atoms with Crippen LogP contribution in [0.3, 0.4) is 0 Å². The van der Waals surface area contributed by atoms with Crippen LogP contribution in [0.1, 0.15) is 26.3 Å². The number of allylic oxidation sites excluding steroid dienone is 4. The number of fused-ring (bicyclic) bond motifs is 14. The van der Waals surface area contributed by atoms with E-state index in [0.717, 1.165) is 54.9 Å². The second-order valence-electron chi connectivity index (χ2n) is 12.2. The van der Waals surface area contributed by atoms with Crippen molar-refractivity contribution in [2.75, 3.05) is 0 Å². The predicted octanol–water partition coefficient (Wildman–Crippen LogP) is 11.3. The van der Waals surface area contributed by atoms with Crippen molar-refractivity contribution in [3.05, 3.63) is 108 Å². The summed E-state index contributed by atoms with van der Waals surface area (Å²) in [5.41, 5.74) is 11.2. The Balaban J connectivity index is 1.48. The lowest BCUT2D eigenvalue weighted by molar-refractivity contribution is 0.565. The Morgan fingerprint density at radius 3 is 1.67 bits per heavy atom. The Hall–Kier alpha value is -5.02. The third-order valence-corrected chi connectivity index (χ3v) is 10.0. The molecule has 200 valence electrons. The second-order valence-corrected chi connectivity index (χ2v) is 12.2. The van der Waals surface area contributed by atoms with Crippen molar-refractivity contribution >= 4 is 87.5 Å². The van der Waals surface area contributed by atoms with E-state index in [1.807, 2.05) is 12.1 Å². The van der Waals surface area contributed by atoms with Crippen LogP contribution in [-0.4, -0.2) is 4.40 Å². The maximum atomic E-state index is 6.67. The summed E-state index contributed by atoms with van der Waals surface area (Å²) in [6.45, 7) is 6.94. The van der Waals surface area contributed by atoms with E-state index < -0.39 is 0 Å². The molecule has 0 N–H and O–H groups in total. The Morgan fingerprint density at radius 2 is 1.10 bits per heavy atom. The van der Waals surface area contributed by atoms with Gasteiger partial charge in [-0.3, -0.25) is 0 Å². The van der Waals surface area contributed by atoms with E-state index in [1.165, 1.54) is 43.8 Å². The Kier molecular flexibility index (Phi) is 4.11. The van der Waals surface area contributed by atoms with Gasteiger partial charge in [0, 0.05) is 43.1 Å². The van der Waals surface area contributed by atoms with Crippen molar-refractivity contribution in [2.45, 2.75) is 20.8 Å². The minimum absolute atomic E-state index is 0.439. The normalized spacial score (nSPS) is 18.2. The van der Waals surface area contributed by atoms with Gasteiger partial charge in [-0.1, -0.05) is 74.5 Å². The minimum atomic E-state index is 0.439. The Morgan fingerprint density at radius 1 is 0.571 bits per heavy atom. The molecule has 0 saturated heterocycles. The monoisotopic (exact) mass is 541 g/mol. The van der Waals surface area contributed by atoms with E-state index in [2.05, 4.69) is 110 Å². The number of para-hydroxylation sites is 2. The maximum absolute atomic E-state index is 6.67. The summed E-state index contributed by atoms with van der Waals surface area (Å²) < 4.78 is 15.8. The molecule has 3 heteroatoms. The fraction of sp³-hybridized carbons (Fsp3) is 0.128. The lowest BCUT2D eigenvalue weighted by Crippen LogP contribution is -2.12. The van der Waals surface area contributed by atoms with E-state index in [-0.39, 0.29) is 0 Å². The van der Waals surface area contributed by atoms with E-state index in [4.69, 9.17) is 8.83 Å². The largest absolute Gasteiger partial charge is 0.454 e. The van der Waals surface area contributed by atoms with Crippen LogP contribution in [0.4, 0.5) is 0 Å². The van der Waals surface area contributed by atoms with Crippen LogP contribution in [0.15, 0.2) is 111 Å². The third-order valence-electron chi connectivity index (χ3n) is 10.0. The Bertz CT molecular complexity index is 2510. The van der Waals surface area contributed by atoms with Crippen LogP contribution < -0.4 is 0 Å². The van der Waals surface area contributed by atoms with Gasteiger partial charge in [-0.2, -0.15) is 0 Å². The van der Waals surface area contributed by atoms with Gasteiger partial charge in [0.05, 0.1) is 16.6 Å². The molecule has 42 heavy (non-hydrogen) atoms. The molecule has 4 heterocycles. The van der Waals surface area contributed by atoms with Crippen molar-refractivity contribution in [1.82, 2.24) is 4.40 Å². The van der Waals surface area contributed by atoms with E-state index in [1.54, 1.807) is 0 Å². The molecule has 9 aromatic rings. The van der Waals surface area contributed by atoms with Crippen LogP contribution in [0.5, 0.6) is 0 Å². The molecule has 1 aliphatic carbocycles. The average molecular weight is 542 g/mol. The molecule has 0 saturated carbocycles. The highest BCUT2D eigenvalue weighted by atomic mass is 16.3. The molecular weight excluding hydrogens is 514 g/mol. The smallest absolute Gasteiger partial charge is 0.160 e. The molecule has 0 spiro atoms. The Labute approximate surface area is 241 Å². The molecule has 4 aromatic heterocycles. The zero-order valence-corrected chi connectivity index (χ0v) is 23.7. The molecule has 2 atom stereocenters. The van der Waals surface area contributed by atoms with Crippen molar-refractivity contribution < 1.29 is 8.83 Å². The maximum Gasteiger partial charge on any atom is 0.160 e. The molecular formula is C39H27NO2. The summed E-state index contributed by atoms with van der Waals surface area (Å²) in [6.07, 6.45) is 4.65. The van der Waals surface area contributed by atoms with E-state index in [9.17, 15) is 0 Å². The summed E-state index contributed by atoms with van der Waals surface area (Å²) in [5, 5.41) is 9.51. The molecule has 1 aliphatic rings. The van der Waals surface area contributed by atoms with Crippen LogP contribution in [-0.2, 0) is 0 Å². The van der Waals surface area contributed by atoms with Gasteiger partial charge in [0.25, 0.3) is 0 Å². The fourth-order valence-corrected chi connectivity index (χ4v) is 7.87. The first-order chi connectivity index (χ1) is 20.6. The van der Waals surface area contributed by atoms with Gasteiger partial charge in [-0.05, 0) is 71.9 Å². The molecule has 1 unspecified atom stereocenters. The SMILES string of the molecule is CC1=C(c2cc3c4ccc5c6ccccc6oc5c4n4c3c(c2)c2ccc3c5ccccc5oc3c24)[C@@H](C)C(C)C=C1.